The Morgan fingerprint density at radius 2 is 1.25 bits per heavy atom. The average Bonchev–Trinajstić information content (AvgIpc) is 2.38. The zero-order valence-corrected chi connectivity index (χ0v) is 15.5. The van der Waals surface area contributed by atoms with E-state index in [1.165, 1.54) is 63.4 Å². The second-order valence-electron chi connectivity index (χ2n) is 7.33. The summed E-state index contributed by atoms with van der Waals surface area (Å²) < 4.78 is 0. The van der Waals surface area contributed by atoms with E-state index in [9.17, 15) is 0 Å². The van der Waals surface area contributed by atoms with E-state index in [2.05, 4.69) is 47.2 Å². The molecule has 0 aliphatic heterocycles. The van der Waals surface area contributed by atoms with Crippen LogP contribution >= 0.6 is 12.6 Å². The molecular formula is C19H38S. The van der Waals surface area contributed by atoms with Crippen LogP contribution in [-0.2, 0) is 0 Å². The van der Waals surface area contributed by atoms with Crippen molar-refractivity contribution in [3.63, 3.8) is 0 Å². The molecule has 0 aromatic rings. The molecule has 1 heteroatoms. The first-order valence-electron chi connectivity index (χ1n) is 8.75. The normalized spacial score (nSPS) is 15.7. The molecule has 2 atom stereocenters. The number of hydrogen-bond acceptors (Lipinski definition) is 1. The van der Waals surface area contributed by atoms with E-state index >= 15 is 0 Å². The van der Waals surface area contributed by atoms with Crippen LogP contribution in [0.4, 0.5) is 0 Å². The molecule has 0 bridgehead atoms. The molecule has 0 spiro atoms. The van der Waals surface area contributed by atoms with Crippen LogP contribution in [0.2, 0.25) is 0 Å². The molecule has 0 aromatic heterocycles. The maximum absolute atomic E-state index is 4.20. The average molecular weight is 299 g/mol. The topological polar surface area (TPSA) is 0 Å². The third kappa shape index (κ3) is 13.1. The molecule has 0 radical (unpaired) electrons. The molecule has 0 saturated carbocycles. The standard InChI is InChI=1S/C19H38S/c1-16(2)9-6-10-17(3)11-7-12-18(4)13-8-14-19(5)15-20/h15-18,20H,6-14H2,1-5H3/b19-15+. The predicted molar refractivity (Wildman–Crippen MR) is 97.5 cm³/mol. The van der Waals surface area contributed by atoms with E-state index in [4.69, 9.17) is 0 Å². The highest BCUT2D eigenvalue weighted by Gasteiger charge is 2.06. The smallest absolute Gasteiger partial charge is 0.0315 e. The summed E-state index contributed by atoms with van der Waals surface area (Å²) in [6, 6.07) is 0. The molecule has 0 N–H and O–H groups in total. The van der Waals surface area contributed by atoms with Gasteiger partial charge in [-0.1, -0.05) is 78.2 Å². The van der Waals surface area contributed by atoms with Gasteiger partial charge in [-0.2, -0.15) is 12.6 Å². The van der Waals surface area contributed by atoms with E-state index in [0.717, 1.165) is 17.8 Å². The lowest BCUT2D eigenvalue weighted by Gasteiger charge is -2.15. The minimum atomic E-state index is 0.872. The van der Waals surface area contributed by atoms with Crippen LogP contribution in [-0.4, -0.2) is 0 Å². The Hall–Kier alpha value is 0.0900. The molecule has 0 heterocycles. The van der Waals surface area contributed by atoms with E-state index in [0.29, 0.717) is 0 Å². The lowest BCUT2D eigenvalue weighted by Crippen LogP contribution is -2.00. The lowest BCUT2D eigenvalue weighted by molar-refractivity contribution is 0.389. The van der Waals surface area contributed by atoms with Crippen LogP contribution in [0.3, 0.4) is 0 Å². The molecule has 0 amide bonds. The molecule has 0 fully saturated rings. The first-order valence-corrected chi connectivity index (χ1v) is 9.27. The molecule has 120 valence electrons. The minimum absolute atomic E-state index is 0.872. The summed E-state index contributed by atoms with van der Waals surface area (Å²) >= 11 is 4.20. The van der Waals surface area contributed by atoms with Gasteiger partial charge in [0.05, 0.1) is 0 Å². The van der Waals surface area contributed by atoms with Gasteiger partial charge in [-0.15, -0.1) is 0 Å². The van der Waals surface area contributed by atoms with Crippen LogP contribution in [0.15, 0.2) is 11.0 Å². The van der Waals surface area contributed by atoms with Crippen molar-refractivity contribution < 1.29 is 0 Å². The Morgan fingerprint density at radius 3 is 1.70 bits per heavy atom. The van der Waals surface area contributed by atoms with E-state index in [-0.39, 0.29) is 0 Å². The van der Waals surface area contributed by atoms with Gasteiger partial charge in [-0.25, -0.2) is 0 Å². The first-order chi connectivity index (χ1) is 9.45. The van der Waals surface area contributed by atoms with Gasteiger partial charge in [0.2, 0.25) is 0 Å². The van der Waals surface area contributed by atoms with Crippen molar-refractivity contribution in [3.05, 3.63) is 11.0 Å². The third-order valence-electron chi connectivity index (χ3n) is 4.36. The largest absolute Gasteiger partial charge is 0.151 e. The van der Waals surface area contributed by atoms with E-state index < -0.39 is 0 Å². The highest BCUT2D eigenvalue weighted by atomic mass is 32.1. The Labute approximate surface area is 134 Å². The van der Waals surface area contributed by atoms with Crippen molar-refractivity contribution in [1.29, 1.82) is 0 Å². The summed E-state index contributed by atoms with van der Waals surface area (Å²) in [5.41, 5.74) is 1.42. The van der Waals surface area contributed by atoms with Crippen LogP contribution < -0.4 is 0 Å². The molecule has 0 aliphatic rings. The molecule has 2 unspecified atom stereocenters. The Kier molecular flexibility index (Phi) is 12.9. The number of allylic oxidation sites excluding steroid dienone is 1. The maximum atomic E-state index is 4.20. The molecule has 0 aliphatic carbocycles. The molecule has 0 rings (SSSR count). The van der Waals surface area contributed by atoms with Crippen molar-refractivity contribution in [3.8, 4) is 0 Å². The van der Waals surface area contributed by atoms with Gasteiger partial charge in [0, 0.05) is 0 Å². The zero-order valence-electron chi connectivity index (χ0n) is 14.6. The summed E-state index contributed by atoms with van der Waals surface area (Å²) in [6.45, 7) is 11.7. The van der Waals surface area contributed by atoms with Crippen molar-refractivity contribution in [1.82, 2.24) is 0 Å². The summed E-state index contributed by atoms with van der Waals surface area (Å²) in [4.78, 5) is 0. The molecule has 0 saturated heterocycles. The number of hydrogen-bond donors (Lipinski definition) is 1. The van der Waals surface area contributed by atoms with Crippen LogP contribution in [0.1, 0.15) is 92.4 Å². The van der Waals surface area contributed by atoms with Gasteiger partial charge in [0.25, 0.3) is 0 Å². The van der Waals surface area contributed by atoms with E-state index in [1.54, 1.807) is 0 Å². The first kappa shape index (κ1) is 20.1. The highest BCUT2D eigenvalue weighted by molar-refractivity contribution is 7.83. The second-order valence-corrected chi connectivity index (χ2v) is 7.59. The maximum Gasteiger partial charge on any atom is -0.0315 e. The highest BCUT2D eigenvalue weighted by Crippen LogP contribution is 2.22. The van der Waals surface area contributed by atoms with Crippen LogP contribution in [0.25, 0.3) is 0 Å². The van der Waals surface area contributed by atoms with Crippen molar-refractivity contribution in [2.75, 3.05) is 0 Å². The Morgan fingerprint density at radius 1 is 0.800 bits per heavy atom. The molecule has 0 aromatic carbocycles. The van der Waals surface area contributed by atoms with Crippen LogP contribution in [0, 0.1) is 17.8 Å². The summed E-state index contributed by atoms with van der Waals surface area (Å²) in [5, 5.41) is 1.95. The van der Waals surface area contributed by atoms with Crippen LogP contribution in [0.5, 0.6) is 0 Å². The molecular weight excluding hydrogens is 260 g/mol. The molecule has 20 heavy (non-hydrogen) atoms. The fraction of sp³-hybridized carbons (Fsp3) is 0.895. The van der Waals surface area contributed by atoms with Gasteiger partial charge in [0.15, 0.2) is 0 Å². The summed E-state index contributed by atoms with van der Waals surface area (Å²) in [7, 11) is 0. The van der Waals surface area contributed by atoms with Crippen molar-refractivity contribution in [2.45, 2.75) is 92.4 Å². The summed E-state index contributed by atoms with van der Waals surface area (Å²) in [5.74, 6) is 2.69. The molecule has 0 nitrogen and oxygen atoms in total. The van der Waals surface area contributed by atoms with Gasteiger partial charge in [-0.3, -0.25) is 0 Å². The third-order valence-corrected chi connectivity index (χ3v) is 4.80. The fourth-order valence-electron chi connectivity index (χ4n) is 2.77. The monoisotopic (exact) mass is 298 g/mol. The second kappa shape index (κ2) is 12.8. The zero-order chi connectivity index (χ0) is 15.4. The van der Waals surface area contributed by atoms with Gasteiger partial charge in [-0.05, 0) is 42.9 Å². The fourth-order valence-corrected chi connectivity index (χ4v) is 2.90. The van der Waals surface area contributed by atoms with Crippen molar-refractivity contribution in [2.24, 2.45) is 17.8 Å². The van der Waals surface area contributed by atoms with E-state index in [1.807, 2.05) is 5.41 Å². The number of rotatable bonds is 12. The predicted octanol–water partition coefficient (Wildman–Crippen LogP) is 7.26. The Balaban J connectivity index is 3.48. The van der Waals surface area contributed by atoms with Crippen molar-refractivity contribution >= 4 is 12.6 Å². The Bertz CT molecular complexity index is 242. The SMILES string of the molecule is C/C(=C\S)CCCC(C)CCCC(C)CCCC(C)C. The van der Waals surface area contributed by atoms with Gasteiger partial charge >= 0.3 is 0 Å². The van der Waals surface area contributed by atoms with Gasteiger partial charge in [0.1, 0.15) is 0 Å². The quantitative estimate of drug-likeness (QED) is 0.360. The number of thiol groups is 1. The van der Waals surface area contributed by atoms with Gasteiger partial charge < -0.3 is 0 Å². The lowest BCUT2D eigenvalue weighted by atomic mass is 9.91. The minimum Gasteiger partial charge on any atom is -0.151 e. The summed E-state index contributed by atoms with van der Waals surface area (Å²) in [6.07, 6.45) is 12.4.